The Balaban J connectivity index is 1.84. The summed E-state index contributed by atoms with van der Waals surface area (Å²) in [5.41, 5.74) is 0.248. The van der Waals surface area contributed by atoms with Gasteiger partial charge in [0.1, 0.15) is 0 Å². The second-order valence-electron chi connectivity index (χ2n) is 5.53. The molecule has 5 nitrogen and oxygen atoms in total. The van der Waals surface area contributed by atoms with Crippen molar-refractivity contribution in [3.8, 4) is 11.5 Å². The van der Waals surface area contributed by atoms with Crippen LogP contribution in [0.2, 0.25) is 0 Å². The van der Waals surface area contributed by atoms with E-state index in [0.717, 1.165) is 6.54 Å². The Kier molecular flexibility index (Phi) is 5.44. The van der Waals surface area contributed by atoms with Crippen molar-refractivity contribution in [2.75, 3.05) is 27.2 Å². The smallest absolute Gasteiger partial charge is 0.255 e. The molecule has 0 spiro atoms. The fourth-order valence-electron chi connectivity index (χ4n) is 2.84. The molecule has 21 heavy (non-hydrogen) atoms. The molecule has 0 atom stereocenters. The van der Waals surface area contributed by atoms with E-state index in [9.17, 15) is 9.90 Å². The largest absolute Gasteiger partial charge is 0.504 e. The molecule has 0 bridgehead atoms. The number of nitrogens with one attached hydrogen (secondary N) is 1. The van der Waals surface area contributed by atoms with Gasteiger partial charge < -0.3 is 20.1 Å². The van der Waals surface area contributed by atoms with Gasteiger partial charge in [-0.05, 0) is 32.0 Å². The first-order chi connectivity index (χ1) is 10.1. The number of phenolic OH excluding ortho intramolecular Hbond substituents is 1. The van der Waals surface area contributed by atoms with Crippen LogP contribution in [-0.4, -0.2) is 49.2 Å². The number of hydrogen-bond acceptors (Lipinski definition) is 4. The third-order valence-corrected chi connectivity index (χ3v) is 4.16. The first-order valence-corrected chi connectivity index (χ1v) is 7.48. The minimum absolute atomic E-state index is 0.110. The van der Waals surface area contributed by atoms with E-state index in [0.29, 0.717) is 18.3 Å². The molecule has 0 unspecified atom stereocenters. The average Bonchev–Trinajstić information content (AvgIpc) is 3.01. The van der Waals surface area contributed by atoms with E-state index >= 15 is 0 Å². The van der Waals surface area contributed by atoms with Crippen molar-refractivity contribution in [2.24, 2.45) is 0 Å². The first-order valence-electron chi connectivity index (χ1n) is 7.48. The number of phenols is 1. The molecule has 116 valence electrons. The third kappa shape index (κ3) is 3.88. The summed E-state index contributed by atoms with van der Waals surface area (Å²) in [7, 11) is 3.57. The van der Waals surface area contributed by atoms with Crippen LogP contribution >= 0.6 is 0 Å². The summed E-state index contributed by atoms with van der Waals surface area (Å²) in [6.07, 6.45) is 5.11. The second kappa shape index (κ2) is 7.31. The first kappa shape index (κ1) is 15.6. The maximum absolute atomic E-state index is 12.1. The van der Waals surface area contributed by atoms with Crippen LogP contribution in [0.4, 0.5) is 0 Å². The zero-order valence-corrected chi connectivity index (χ0v) is 12.8. The maximum atomic E-state index is 12.1. The normalized spacial score (nSPS) is 15.4. The van der Waals surface area contributed by atoms with E-state index in [2.05, 4.69) is 17.3 Å². The van der Waals surface area contributed by atoms with Gasteiger partial charge >= 0.3 is 0 Å². The van der Waals surface area contributed by atoms with Crippen LogP contribution in [0.15, 0.2) is 18.2 Å². The molecule has 1 aromatic carbocycles. The van der Waals surface area contributed by atoms with E-state index in [1.165, 1.54) is 32.8 Å². The lowest BCUT2D eigenvalue weighted by atomic mass is 10.1. The number of carbonyl (C=O) groups is 1. The van der Waals surface area contributed by atoms with E-state index in [1.54, 1.807) is 18.2 Å². The minimum Gasteiger partial charge on any atom is -0.504 e. The molecule has 1 aliphatic carbocycles. The third-order valence-electron chi connectivity index (χ3n) is 4.16. The summed E-state index contributed by atoms with van der Waals surface area (Å²) >= 11 is 0. The van der Waals surface area contributed by atoms with E-state index in [4.69, 9.17) is 4.74 Å². The number of ether oxygens (including phenoxy) is 1. The van der Waals surface area contributed by atoms with E-state index < -0.39 is 0 Å². The highest BCUT2D eigenvalue weighted by Crippen LogP contribution is 2.29. The van der Waals surface area contributed by atoms with Crippen LogP contribution in [0.1, 0.15) is 36.0 Å². The predicted octanol–water partition coefficient (Wildman–Crippen LogP) is 2.01. The average molecular weight is 292 g/mol. The van der Waals surface area contributed by atoms with Crippen molar-refractivity contribution in [3.05, 3.63) is 23.8 Å². The Morgan fingerprint density at radius 2 is 2.14 bits per heavy atom. The number of rotatable bonds is 6. The van der Waals surface area contributed by atoms with Crippen molar-refractivity contribution in [2.45, 2.75) is 31.7 Å². The molecule has 0 saturated heterocycles. The van der Waals surface area contributed by atoms with E-state index in [1.807, 2.05) is 0 Å². The standard InChI is InChI=1S/C16H24N2O3/c1-18(12-6-3-4-7-12)11-10-17-16(20)13-8-5-9-14(21-2)15(13)19/h5,8-9,12,19H,3-4,6-7,10-11H2,1-2H3,(H,17,20). The van der Waals surface area contributed by atoms with Crippen LogP contribution in [0.5, 0.6) is 11.5 Å². The minimum atomic E-state index is -0.272. The topological polar surface area (TPSA) is 61.8 Å². The van der Waals surface area contributed by atoms with Gasteiger partial charge in [0.05, 0.1) is 12.7 Å². The summed E-state index contributed by atoms with van der Waals surface area (Å²) in [5.74, 6) is -0.0707. The number of carbonyl (C=O) groups excluding carboxylic acids is 1. The number of likely N-dealkylation sites (N-methyl/N-ethyl adjacent to an activating group) is 1. The summed E-state index contributed by atoms with van der Waals surface area (Å²) in [6, 6.07) is 5.55. The van der Waals surface area contributed by atoms with Gasteiger partial charge in [-0.15, -0.1) is 0 Å². The van der Waals surface area contributed by atoms with Crippen molar-refractivity contribution in [1.82, 2.24) is 10.2 Å². The summed E-state index contributed by atoms with van der Waals surface area (Å²) in [4.78, 5) is 14.4. The summed E-state index contributed by atoms with van der Waals surface area (Å²) in [5, 5.41) is 12.8. The maximum Gasteiger partial charge on any atom is 0.255 e. The van der Waals surface area contributed by atoms with Crippen LogP contribution in [0, 0.1) is 0 Å². The molecular formula is C16H24N2O3. The van der Waals surface area contributed by atoms with Gasteiger partial charge in [-0.1, -0.05) is 18.9 Å². The molecule has 0 aliphatic heterocycles. The molecule has 5 heteroatoms. The number of para-hydroxylation sites is 1. The Hall–Kier alpha value is -1.75. The fraction of sp³-hybridized carbons (Fsp3) is 0.562. The zero-order valence-electron chi connectivity index (χ0n) is 12.8. The highest BCUT2D eigenvalue weighted by atomic mass is 16.5. The number of methoxy groups -OCH3 is 1. The lowest BCUT2D eigenvalue weighted by Gasteiger charge is -2.23. The lowest BCUT2D eigenvalue weighted by molar-refractivity contribution is 0.0944. The van der Waals surface area contributed by atoms with Gasteiger partial charge in [-0.25, -0.2) is 0 Å². The second-order valence-corrected chi connectivity index (χ2v) is 5.53. The van der Waals surface area contributed by atoms with Crippen molar-refractivity contribution < 1.29 is 14.6 Å². The Morgan fingerprint density at radius 1 is 1.43 bits per heavy atom. The quantitative estimate of drug-likeness (QED) is 0.842. The van der Waals surface area contributed by atoms with Gasteiger partial charge in [0.2, 0.25) is 0 Å². The number of benzene rings is 1. The molecule has 0 heterocycles. The highest BCUT2D eigenvalue weighted by Gasteiger charge is 2.19. The number of amides is 1. The Bertz CT molecular complexity index is 484. The molecule has 1 aliphatic rings. The van der Waals surface area contributed by atoms with Crippen molar-refractivity contribution in [1.29, 1.82) is 0 Å². The van der Waals surface area contributed by atoms with Gasteiger partial charge in [0.25, 0.3) is 5.91 Å². The Labute approximate surface area is 125 Å². The van der Waals surface area contributed by atoms with Gasteiger partial charge in [0.15, 0.2) is 11.5 Å². The Morgan fingerprint density at radius 3 is 2.81 bits per heavy atom. The highest BCUT2D eigenvalue weighted by molar-refractivity contribution is 5.97. The molecule has 0 aromatic heterocycles. The molecule has 0 radical (unpaired) electrons. The van der Waals surface area contributed by atoms with Gasteiger partial charge in [-0.2, -0.15) is 0 Å². The van der Waals surface area contributed by atoms with E-state index in [-0.39, 0.29) is 17.2 Å². The fourth-order valence-corrected chi connectivity index (χ4v) is 2.84. The molecular weight excluding hydrogens is 268 g/mol. The van der Waals surface area contributed by atoms with Crippen LogP contribution in [0.25, 0.3) is 0 Å². The molecule has 2 rings (SSSR count). The zero-order chi connectivity index (χ0) is 15.2. The number of nitrogens with zero attached hydrogens (tertiary/aromatic N) is 1. The number of aromatic hydroxyl groups is 1. The monoisotopic (exact) mass is 292 g/mol. The lowest BCUT2D eigenvalue weighted by Crippen LogP contribution is -2.37. The van der Waals surface area contributed by atoms with Crippen LogP contribution in [0.3, 0.4) is 0 Å². The summed E-state index contributed by atoms with van der Waals surface area (Å²) < 4.78 is 5.01. The van der Waals surface area contributed by atoms with Gasteiger partial charge in [-0.3, -0.25) is 4.79 Å². The van der Waals surface area contributed by atoms with Crippen molar-refractivity contribution in [3.63, 3.8) is 0 Å². The van der Waals surface area contributed by atoms with Crippen LogP contribution < -0.4 is 10.1 Å². The van der Waals surface area contributed by atoms with Gasteiger partial charge in [0, 0.05) is 19.1 Å². The van der Waals surface area contributed by atoms with Crippen molar-refractivity contribution >= 4 is 5.91 Å². The molecule has 2 N–H and O–H groups in total. The molecule has 1 saturated carbocycles. The SMILES string of the molecule is COc1cccc(C(=O)NCCN(C)C2CCCC2)c1O. The molecule has 1 aromatic rings. The molecule has 1 amide bonds. The predicted molar refractivity (Wildman–Crippen MR) is 81.9 cm³/mol. The summed E-state index contributed by atoms with van der Waals surface area (Å²) in [6.45, 7) is 1.39. The molecule has 1 fully saturated rings. The number of hydrogen-bond donors (Lipinski definition) is 2. The van der Waals surface area contributed by atoms with Crippen LogP contribution in [-0.2, 0) is 0 Å².